The third-order valence-electron chi connectivity index (χ3n) is 4.50. The van der Waals surface area contributed by atoms with Crippen LogP contribution in [0.2, 0.25) is 0 Å². The second-order valence-electron chi connectivity index (χ2n) is 6.08. The molecule has 4 aromatic rings. The van der Waals surface area contributed by atoms with Gasteiger partial charge in [-0.15, -0.1) is 11.6 Å². The first-order chi connectivity index (χ1) is 12.7. The fraction of sp³-hybridized carbons (Fsp3) is 0.143. The maximum Gasteiger partial charge on any atom is 0.150 e. The highest BCUT2D eigenvalue weighted by Gasteiger charge is 2.14. The first kappa shape index (κ1) is 16.6. The summed E-state index contributed by atoms with van der Waals surface area (Å²) in [4.78, 5) is 9.40. The number of nitrogens with zero attached hydrogens (tertiary/aromatic N) is 2. The number of hydrogen-bond acceptors (Lipinski definition) is 4. The molecule has 3 aromatic carbocycles. The Kier molecular flexibility index (Phi) is 4.35. The summed E-state index contributed by atoms with van der Waals surface area (Å²) < 4.78 is 5.45. The van der Waals surface area contributed by atoms with Gasteiger partial charge in [0.15, 0.2) is 5.82 Å². The third kappa shape index (κ3) is 2.82. The monoisotopic (exact) mass is 363 g/mol. The number of methoxy groups -OCH3 is 1. The maximum absolute atomic E-state index is 6.26. The van der Waals surface area contributed by atoms with Crippen molar-refractivity contribution in [1.82, 2.24) is 9.97 Å². The summed E-state index contributed by atoms with van der Waals surface area (Å²) in [5.41, 5.74) is 10.4. The maximum atomic E-state index is 6.26. The van der Waals surface area contributed by atoms with E-state index in [9.17, 15) is 0 Å². The number of anilines is 1. The summed E-state index contributed by atoms with van der Waals surface area (Å²) in [7, 11) is 1.64. The van der Waals surface area contributed by atoms with Crippen molar-refractivity contribution in [2.75, 3.05) is 18.7 Å². The van der Waals surface area contributed by atoms with Crippen LogP contribution in [0.5, 0.6) is 5.75 Å². The van der Waals surface area contributed by atoms with Crippen LogP contribution in [0, 0.1) is 0 Å². The minimum atomic E-state index is 0.404. The molecule has 4 rings (SSSR count). The zero-order chi connectivity index (χ0) is 18.1. The minimum Gasteiger partial charge on any atom is -0.496 e. The van der Waals surface area contributed by atoms with E-state index in [-0.39, 0.29) is 0 Å². The van der Waals surface area contributed by atoms with E-state index in [2.05, 4.69) is 23.2 Å². The van der Waals surface area contributed by atoms with E-state index in [1.54, 1.807) is 7.11 Å². The van der Waals surface area contributed by atoms with Crippen molar-refractivity contribution in [1.29, 1.82) is 0 Å². The number of ether oxygens (including phenoxy) is 1. The quantitative estimate of drug-likeness (QED) is 0.528. The molecule has 0 saturated carbocycles. The van der Waals surface area contributed by atoms with Crippen molar-refractivity contribution in [3.05, 3.63) is 60.2 Å². The molecular weight excluding hydrogens is 346 g/mol. The molecule has 0 bridgehead atoms. The van der Waals surface area contributed by atoms with E-state index in [1.165, 1.54) is 0 Å². The standard InChI is InChI=1S/C21H18ClN3O/c1-26-19-12-18-17(11-14(19)9-10-22)24-20(21(23)25-18)16-8-4-6-13-5-2-3-7-15(13)16/h2-8,11-12H,9-10H2,1H3,(H2,23,25). The van der Waals surface area contributed by atoms with Crippen molar-refractivity contribution in [3.8, 4) is 17.0 Å². The number of rotatable bonds is 4. The summed E-state index contributed by atoms with van der Waals surface area (Å²) in [6.07, 6.45) is 0.705. The lowest BCUT2D eigenvalue weighted by Gasteiger charge is -2.12. The number of hydrogen-bond donors (Lipinski definition) is 1. The van der Waals surface area contributed by atoms with Gasteiger partial charge in [0, 0.05) is 17.5 Å². The summed E-state index contributed by atoms with van der Waals surface area (Å²) in [6.45, 7) is 0. The van der Waals surface area contributed by atoms with Gasteiger partial charge in [0.1, 0.15) is 11.4 Å². The topological polar surface area (TPSA) is 61.0 Å². The Balaban J connectivity index is 1.96. The zero-order valence-electron chi connectivity index (χ0n) is 14.4. The van der Waals surface area contributed by atoms with Gasteiger partial charge in [-0.1, -0.05) is 42.5 Å². The van der Waals surface area contributed by atoms with E-state index in [0.717, 1.165) is 33.2 Å². The number of aromatic nitrogens is 2. The summed E-state index contributed by atoms with van der Waals surface area (Å²) >= 11 is 5.92. The number of benzene rings is 3. The molecule has 130 valence electrons. The average molecular weight is 364 g/mol. The molecule has 26 heavy (non-hydrogen) atoms. The zero-order valence-corrected chi connectivity index (χ0v) is 15.1. The third-order valence-corrected chi connectivity index (χ3v) is 4.69. The number of halogens is 1. The van der Waals surface area contributed by atoms with E-state index in [1.807, 2.05) is 36.4 Å². The SMILES string of the molecule is COc1cc2nc(N)c(-c3cccc4ccccc34)nc2cc1CCCl. The van der Waals surface area contributed by atoms with Gasteiger partial charge in [-0.25, -0.2) is 9.97 Å². The van der Waals surface area contributed by atoms with Crippen LogP contribution in [-0.4, -0.2) is 23.0 Å². The van der Waals surface area contributed by atoms with Gasteiger partial charge >= 0.3 is 0 Å². The van der Waals surface area contributed by atoms with Gasteiger partial charge in [0.05, 0.1) is 18.1 Å². The van der Waals surface area contributed by atoms with Gasteiger partial charge in [-0.05, 0) is 28.8 Å². The molecule has 0 fully saturated rings. The van der Waals surface area contributed by atoms with E-state index in [4.69, 9.17) is 27.1 Å². The molecule has 0 spiro atoms. The Labute approximate surface area is 156 Å². The lowest BCUT2D eigenvalue weighted by Crippen LogP contribution is -2.01. The first-order valence-corrected chi connectivity index (χ1v) is 8.93. The highest BCUT2D eigenvalue weighted by atomic mass is 35.5. The van der Waals surface area contributed by atoms with Crippen LogP contribution in [0.3, 0.4) is 0 Å². The van der Waals surface area contributed by atoms with Crippen LogP contribution in [-0.2, 0) is 6.42 Å². The molecule has 0 aliphatic heterocycles. The van der Waals surface area contributed by atoms with Crippen LogP contribution >= 0.6 is 11.6 Å². The van der Waals surface area contributed by atoms with E-state index < -0.39 is 0 Å². The molecule has 5 heteroatoms. The number of fused-ring (bicyclic) bond motifs is 2. The summed E-state index contributed by atoms with van der Waals surface area (Å²) in [5.74, 6) is 1.67. The molecule has 1 aromatic heterocycles. The predicted molar refractivity (Wildman–Crippen MR) is 108 cm³/mol. The van der Waals surface area contributed by atoms with Gasteiger partial charge in [0.2, 0.25) is 0 Å². The smallest absolute Gasteiger partial charge is 0.150 e. The average Bonchev–Trinajstić information content (AvgIpc) is 2.67. The molecule has 0 radical (unpaired) electrons. The van der Waals surface area contributed by atoms with Gasteiger partial charge in [-0.2, -0.15) is 0 Å². The Morgan fingerprint density at radius 1 is 1.00 bits per heavy atom. The van der Waals surface area contributed by atoms with Gasteiger partial charge in [-0.3, -0.25) is 0 Å². The van der Waals surface area contributed by atoms with Crippen molar-refractivity contribution in [2.24, 2.45) is 0 Å². The predicted octanol–water partition coefficient (Wildman–Crippen LogP) is 4.82. The molecule has 0 unspecified atom stereocenters. The van der Waals surface area contributed by atoms with Crippen LogP contribution < -0.4 is 10.5 Å². The molecular formula is C21H18ClN3O. The van der Waals surface area contributed by atoms with Crippen LogP contribution in [0.25, 0.3) is 33.1 Å². The van der Waals surface area contributed by atoms with E-state index in [0.29, 0.717) is 29.3 Å². The normalized spacial score (nSPS) is 11.2. The van der Waals surface area contributed by atoms with Crippen molar-refractivity contribution in [2.45, 2.75) is 6.42 Å². The van der Waals surface area contributed by atoms with Gasteiger partial charge < -0.3 is 10.5 Å². The number of nitrogens with two attached hydrogens (primary N) is 1. The summed E-state index contributed by atoms with van der Waals surface area (Å²) in [6, 6.07) is 18.1. The lowest BCUT2D eigenvalue weighted by atomic mass is 10.0. The van der Waals surface area contributed by atoms with Gasteiger partial charge in [0.25, 0.3) is 0 Å². The molecule has 0 amide bonds. The van der Waals surface area contributed by atoms with Crippen molar-refractivity contribution >= 4 is 39.2 Å². The molecule has 0 saturated heterocycles. The van der Waals surface area contributed by atoms with Crippen LogP contribution in [0.1, 0.15) is 5.56 Å². The summed E-state index contributed by atoms with van der Waals surface area (Å²) in [5, 5.41) is 2.24. The fourth-order valence-corrected chi connectivity index (χ4v) is 3.46. The first-order valence-electron chi connectivity index (χ1n) is 8.39. The molecule has 0 aliphatic carbocycles. The Morgan fingerprint density at radius 2 is 1.77 bits per heavy atom. The van der Waals surface area contributed by atoms with Crippen LogP contribution in [0.15, 0.2) is 54.6 Å². The molecule has 0 atom stereocenters. The number of aryl methyl sites for hydroxylation is 1. The molecule has 0 aliphatic rings. The number of nitrogen functional groups attached to an aromatic ring is 1. The van der Waals surface area contributed by atoms with E-state index >= 15 is 0 Å². The molecule has 2 N–H and O–H groups in total. The number of alkyl halides is 1. The van der Waals surface area contributed by atoms with Crippen molar-refractivity contribution < 1.29 is 4.74 Å². The largest absolute Gasteiger partial charge is 0.496 e. The Hall–Kier alpha value is -2.85. The Morgan fingerprint density at radius 3 is 2.58 bits per heavy atom. The van der Waals surface area contributed by atoms with Crippen LogP contribution in [0.4, 0.5) is 5.82 Å². The Bertz CT molecular complexity index is 1110. The second kappa shape index (κ2) is 6.81. The second-order valence-corrected chi connectivity index (χ2v) is 6.45. The fourth-order valence-electron chi connectivity index (χ4n) is 3.26. The van der Waals surface area contributed by atoms with Crippen molar-refractivity contribution in [3.63, 3.8) is 0 Å². The highest BCUT2D eigenvalue weighted by Crippen LogP contribution is 2.33. The minimum absolute atomic E-state index is 0.404. The molecule has 1 heterocycles. The lowest BCUT2D eigenvalue weighted by molar-refractivity contribution is 0.411. The molecule has 4 nitrogen and oxygen atoms in total. The highest BCUT2D eigenvalue weighted by molar-refractivity contribution is 6.18.